The first-order chi connectivity index (χ1) is 7.74. The zero-order valence-corrected chi connectivity index (χ0v) is 9.31. The maximum absolute atomic E-state index is 12.1. The number of benzene rings is 1. The Kier molecular flexibility index (Phi) is 2.90. The van der Waals surface area contributed by atoms with E-state index in [1.54, 1.807) is 16.7 Å². The van der Waals surface area contributed by atoms with Crippen molar-refractivity contribution in [3.05, 3.63) is 34.6 Å². The average Bonchev–Trinajstić information content (AvgIpc) is 2.29. The molecule has 0 saturated heterocycles. The number of nitrogens with zero attached hydrogens (tertiary/aromatic N) is 2. The second-order valence-electron chi connectivity index (χ2n) is 3.80. The Morgan fingerprint density at radius 2 is 2.12 bits per heavy atom. The van der Waals surface area contributed by atoms with E-state index in [1.165, 1.54) is 0 Å². The third-order valence-electron chi connectivity index (χ3n) is 2.63. The van der Waals surface area contributed by atoms with E-state index in [0.29, 0.717) is 23.4 Å². The molecular weight excluding hydrogens is 202 g/mol. The summed E-state index contributed by atoms with van der Waals surface area (Å²) in [5.41, 5.74) is 6.40. The van der Waals surface area contributed by atoms with Gasteiger partial charge in [-0.05, 0) is 18.6 Å². The molecule has 4 nitrogen and oxygen atoms in total. The number of hydrogen-bond donors (Lipinski definition) is 1. The van der Waals surface area contributed by atoms with Crippen LogP contribution >= 0.6 is 0 Å². The van der Waals surface area contributed by atoms with Gasteiger partial charge in [0.25, 0.3) is 5.56 Å². The third-order valence-corrected chi connectivity index (χ3v) is 2.63. The van der Waals surface area contributed by atoms with Crippen LogP contribution in [-0.4, -0.2) is 9.55 Å². The molecule has 0 unspecified atom stereocenters. The molecule has 0 amide bonds. The number of para-hydroxylation sites is 1. The van der Waals surface area contributed by atoms with E-state index in [2.05, 4.69) is 11.9 Å². The van der Waals surface area contributed by atoms with E-state index in [9.17, 15) is 4.79 Å². The highest BCUT2D eigenvalue weighted by atomic mass is 16.1. The highest BCUT2D eigenvalue weighted by molar-refractivity contribution is 5.78. The lowest BCUT2D eigenvalue weighted by Gasteiger charge is -2.09. The maximum atomic E-state index is 12.1. The van der Waals surface area contributed by atoms with E-state index in [1.807, 2.05) is 12.1 Å². The number of nitrogens with two attached hydrogens (primary N) is 1. The number of aromatic nitrogens is 2. The van der Waals surface area contributed by atoms with Gasteiger partial charge in [-0.15, -0.1) is 0 Å². The van der Waals surface area contributed by atoms with Crippen molar-refractivity contribution in [1.29, 1.82) is 0 Å². The highest BCUT2D eigenvalue weighted by Crippen LogP contribution is 2.09. The van der Waals surface area contributed by atoms with Gasteiger partial charge in [0.15, 0.2) is 0 Å². The first-order valence-electron chi connectivity index (χ1n) is 5.49. The summed E-state index contributed by atoms with van der Waals surface area (Å²) in [6, 6.07) is 7.28. The zero-order chi connectivity index (χ0) is 11.5. The van der Waals surface area contributed by atoms with Crippen LogP contribution in [0.4, 0.5) is 5.95 Å². The van der Waals surface area contributed by atoms with Gasteiger partial charge in [-0.3, -0.25) is 9.36 Å². The van der Waals surface area contributed by atoms with Crippen molar-refractivity contribution in [1.82, 2.24) is 9.55 Å². The molecule has 1 aromatic heterocycles. The molecule has 0 saturated carbocycles. The first-order valence-corrected chi connectivity index (χ1v) is 5.49. The summed E-state index contributed by atoms with van der Waals surface area (Å²) in [6.07, 6.45) is 1.96. The summed E-state index contributed by atoms with van der Waals surface area (Å²) in [6.45, 7) is 2.72. The van der Waals surface area contributed by atoms with E-state index in [4.69, 9.17) is 5.73 Å². The van der Waals surface area contributed by atoms with Crippen molar-refractivity contribution < 1.29 is 0 Å². The Bertz CT molecular complexity index is 560. The van der Waals surface area contributed by atoms with Crippen LogP contribution in [0, 0.1) is 0 Å². The predicted molar refractivity (Wildman–Crippen MR) is 65.3 cm³/mol. The molecule has 2 aromatic rings. The Morgan fingerprint density at radius 3 is 2.88 bits per heavy atom. The molecule has 0 spiro atoms. The standard InChI is InChI=1S/C12H15N3O/c1-2-3-8-15-11(16)9-6-4-5-7-10(9)14-12(15)13/h4-7H,2-3,8H2,1H3,(H2,13,14). The number of hydrogen-bond acceptors (Lipinski definition) is 3. The molecule has 4 heteroatoms. The van der Waals surface area contributed by atoms with E-state index in [0.717, 1.165) is 12.8 Å². The summed E-state index contributed by atoms with van der Waals surface area (Å²) in [5, 5.41) is 0.632. The van der Waals surface area contributed by atoms with Crippen LogP contribution in [0.3, 0.4) is 0 Å². The SMILES string of the molecule is CCCCn1c(N)nc2ccccc2c1=O. The number of anilines is 1. The van der Waals surface area contributed by atoms with E-state index in [-0.39, 0.29) is 5.56 Å². The summed E-state index contributed by atoms with van der Waals surface area (Å²) >= 11 is 0. The van der Waals surface area contributed by atoms with Gasteiger partial charge in [-0.1, -0.05) is 25.5 Å². The molecule has 0 aliphatic carbocycles. The van der Waals surface area contributed by atoms with Gasteiger partial charge in [-0.2, -0.15) is 0 Å². The molecule has 16 heavy (non-hydrogen) atoms. The van der Waals surface area contributed by atoms with Gasteiger partial charge in [0.1, 0.15) is 0 Å². The minimum atomic E-state index is -0.0449. The molecule has 0 fully saturated rings. The summed E-state index contributed by atoms with van der Waals surface area (Å²) in [4.78, 5) is 16.3. The molecular formula is C12H15N3O. The van der Waals surface area contributed by atoms with Gasteiger partial charge in [0.2, 0.25) is 5.95 Å². The van der Waals surface area contributed by atoms with Crippen molar-refractivity contribution in [2.24, 2.45) is 0 Å². The van der Waals surface area contributed by atoms with Crippen LogP contribution < -0.4 is 11.3 Å². The van der Waals surface area contributed by atoms with Crippen LogP contribution in [0.2, 0.25) is 0 Å². The van der Waals surface area contributed by atoms with E-state index >= 15 is 0 Å². The molecule has 0 bridgehead atoms. The third kappa shape index (κ3) is 1.78. The zero-order valence-electron chi connectivity index (χ0n) is 9.31. The van der Waals surface area contributed by atoms with Gasteiger partial charge < -0.3 is 5.73 Å². The lowest BCUT2D eigenvalue weighted by Crippen LogP contribution is -2.24. The molecule has 0 aliphatic heterocycles. The Balaban J connectivity index is 2.61. The Morgan fingerprint density at radius 1 is 1.38 bits per heavy atom. The normalized spacial score (nSPS) is 10.8. The van der Waals surface area contributed by atoms with Crippen LogP contribution in [0.5, 0.6) is 0 Å². The second-order valence-corrected chi connectivity index (χ2v) is 3.80. The van der Waals surface area contributed by atoms with Crippen LogP contribution in [0.1, 0.15) is 19.8 Å². The number of fused-ring (bicyclic) bond motifs is 1. The quantitative estimate of drug-likeness (QED) is 0.852. The van der Waals surface area contributed by atoms with Crippen molar-refractivity contribution >= 4 is 16.9 Å². The second kappa shape index (κ2) is 4.35. The number of unbranched alkanes of at least 4 members (excludes halogenated alkanes) is 1. The van der Waals surface area contributed by atoms with Crippen LogP contribution in [-0.2, 0) is 6.54 Å². The molecule has 1 heterocycles. The Labute approximate surface area is 93.7 Å². The fourth-order valence-corrected chi connectivity index (χ4v) is 1.72. The average molecular weight is 217 g/mol. The van der Waals surface area contributed by atoms with E-state index < -0.39 is 0 Å². The number of rotatable bonds is 3. The van der Waals surface area contributed by atoms with Crippen LogP contribution in [0.15, 0.2) is 29.1 Å². The van der Waals surface area contributed by atoms with Crippen molar-refractivity contribution in [2.75, 3.05) is 5.73 Å². The topological polar surface area (TPSA) is 60.9 Å². The molecule has 0 atom stereocenters. The molecule has 1 aromatic carbocycles. The van der Waals surface area contributed by atoms with Crippen molar-refractivity contribution in [3.8, 4) is 0 Å². The fraction of sp³-hybridized carbons (Fsp3) is 0.333. The van der Waals surface area contributed by atoms with Gasteiger partial charge in [-0.25, -0.2) is 4.98 Å². The first kappa shape index (κ1) is 10.7. The minimum absolute atomic E-state index is 0.0449. The monoisotopic (exact) mass is 217 g/mol. The van der Waals surface area contributed by atoms with Crippen molar-refractivity contribution in [3.63, 3.8) is 0 Å². The largest absolute Gasteiger partial charge is 0.369 e. The molecule has 2 N–H and O–H groups in total. The lowest BCUT2D eigenvalue weighted by atomic mass is 10.2. The minimum Gasteiger partial charge on any atom is -0.369 e. The number of nitrogen functional groups attached to an aromatic ring is 1. The molecule has 2 rings (SSSR count). The summed E-state index contributed by atoms with van der Waals surface area (Å²) < 4.78 is 1.55. The summed E-state index contributed by atoms with van der Waals surface area (Å²) in [7, 11) is 0. The lowest BCUT2D eigenvalue weighted by molar-refractivity contribution is 0.617. The van der Waals surface area contributed by atoms with Gasteiger partial charge in [0, 0.05) is 6.54 Å². The van der Waals surface area contributed by atoms with Crippen molar-refractivity contribution in [2.45, 2.75) is 26.3 Å². The molecule has 0 radical (unpaired) electrons. The summed E-state index contributed by atoms with van der Waals surface area (Å²) in [5.74, 6) is 0.303. The maximum Gasteiger partial charge on any atom is 0.262 e. The highest BCUT2D eigenvalue weighted by Gasteiger charge is 2.06. The van der Waals surface area contributed by atoms with Gasteiger partial charge >= 0.3 is 0 Å². The smallest absolute Gasteiger partial charge is 0.262 e. The predicted octanol–water partition coefficient (Wildman–Crippen LogP) is 1.78. The van der Waals surface area contributed by atoms with Gasteiger partial charge in [0.05, 0.1) is 10.9 Å². The van der Waals surface area contributed by atoms with Crippen LogP contribution in [0.25, 0.3) is 10.9 Å². The molecule has 84 valence electrons. The fourth-order valence-electron chi connectivity index (χ4n) is 1.72. The Hall–Kier alpha value is -1.84. The molecule has 0 aliphatic rings.